The zero-order chi connectivity index (χ0) is 22.9. The van der Waals surface area contributed by atoms with E-state index in [2.05, 4.69) is 4.90 Å². The number of aromatic hydroxyl groups is 1. The molecule has 0 aliphatic carbocycles. The average Bonchev–Trinajstić information content (AvgIpc) is 3.43. The second-order valence-corrected chi connectivity index (χ2v) is 9.91. The number of piperidine rings is 1. The van der Waals surface area contributed by atoms with Crippen LogP contribution in [0.4, 0.5) is 0 Å². The van der Waals surface area contributed by atoms with Gasteiger partial charge in [-0.25, -0.2) is 0 Å². The number of carbonyl (C=O) groups excluding carboxylic acids is 2. The van der Waals surface area contributed by atoms with Gasteiger partial charge in [-0.1, -0.05) is 0 Å². The van der Waals surface area contributed by atoms with E-state index in [1.165, 1.54) is 32.5 Å². The summed E-state index contributed by atoms with van der Waals surface area (Å²) in [6.07, 6.45) is 3.10. The van der Waals surface area contributed by atoms with E-state index in [0.717, 1.165) is 57.5 Å². The summed E-state index contributed by atoms with van der Waals surface area (Å²) in [5.41, 5.74) is 1.28. The van der Waals surface area contributed by atoms with Crippen molar-refractivity contribution >= 4 is 23.0 Å². The fraction of sp³-hybridized carbons (Fsp3) is 0.500. The average molecular weight is 459 g/mol. The zero-order valence-corrected chi connectivity index (χ0v) is 19.7. The number of phenolic OH excluding ortho intramolecular Hbond substituents is 1. The van der Waals surface area contributed by atoms with Gasteiger partial charge in [-0.2, -0.15) is 0 Å². The Morgan fingerprint density at radius 3 is 2.19 bits per heavy atom. The number of ketones is 1. The van der Waals surface area contributed by atoms with E-state index in [-0.39, 0.29) is 22.9 Å². The van der Waals surface area contributed by atoms with Crippen LogP contribution >= 0.6 is 11.3 Å². The van der Waals surface area contributed by atoms with Gasteiger partial charge in [0.1, 0.15) is 0 Å². The van der Waals surface area contributed by atoms with Crippen LogP contribution in [0, 0.1) is 5.41 Å². The third-order valence-electron chi connectivity index (χ3n) is 6.74. The number of methoxy groups -OCH3 is 2. The Morgan fingerprint density at radius 2 is 1.62 bits per heavy atom. The summed E-state index contributed by atoms with van der Waals surface area (Å²) < 4.78 is 10.6. The van der Waals surface area contributed by atoms with Crippen LogP contribution in [0.2, 0.25) is 0 Å². The molecule has 0 unspecified atom stereocenters. The van der Waals surface area contributed by atoms with Crippen LogP contribution < -0.4 is 9.47 Å². The molecule has 172 valence electrons. The van der Waals surface area contributed by atoms with E-state index < -0.39 is 0 Å². The topological polar surface area (TPSA) is 79.3 Å². The predicted octanol–water partition coefficient (Wildman–Crippen LogP) is 3.80. The summed E-state index contributed by atoms with van der Waals surface area (Å²) >= 11 is 1.29. The van der Waals surface area contributed by atoms with E-state index in [4.69, 9.17) is 9.47 Å². The van der Waals surface area contributed by atoms with Gasteiger partial charge in [0.05, 0.1) is 24.0 Å². The van der Waals surface area contributed by atoms with Crippen molar-refractivity contribution in [1.29, 1.82) is 0 Å². The molecule has 0 bridgehead atoms. The highest BCUT2D eigenvalue weighted by atomic mass is 32.1. The Kier molecular flexibility index (Phi) is 6.44. The van der Waals surface area contributed by atoms with Crippen molar-refractivity contribution in [3.63, 3.8) is 0 Å². The lowest BCUT2D eigenvalue weighted by molar-refractivity contribution is 0.0592. The number of nitrogens with zero attached hydrogens (tertiary/aromatic N) is 2. The molecule has 1 aromatic carbocycles. The zero-order valence-electron chi connectivity index (χ0n) is 18.8. The molecular formula is C24H30N2O5S. The molecule has 0 saturated carbocycles. The number of Topliss-reactive ketones (excluding diaryl/α,β-unsaturated/α-hetero) is 1. The minimum atomic E-state index is 0.00145. The summed E-state index contributed by atoms with van der Waals surface area (Å²) in [4.78, 5) is 30.0. The van der Waals surface area contributed by atoms with Crippen LogP contribution in [-0.4, -0.2) is 67.0 Å². The van der Waals surface area contributed by atoms with Crippen LogP contribution in [0.15, 0.2) is 24.3 Å². The fourth-order valence-electron chi connectivity index (χ4n) is 4.85. The normalized spacial score (nSPS) is 18.2. The molecule has 4 rings (SSSR count). The van der Waals surface area contributed by atoms with Crippen molar-refractivity contribution in [2.24, 2.45) is 5.41 Å². The van der Waals surface area contributed by atoms with Crippen molar-refractivity contribution in [3.05, 3.63) is 39.6 Å². The molecule has 2 aliphatic rings. The first-order valence-corrected chi connectivity index (χ1v) is 11.7. The van der Waals surface area contributed by atoms with Gasteiger partial charge in [0.2, 0.25) is 5.75 Å². The molecule has 32 heavy (non-hydrogen) atoms. The molecule has 2 aromatic rings. The summed E-state index contributed by atoms with van der Waals surface area (Å²) in [6.45, 7) is 5.80. The lowest BCUT2D eigenvalue weighted by Gasteiger charge is -2.39. The van der Waals surface area contributed by atoms with E-state index >= 15 is 0 Å². The highest BCUT2D eigenvalue weighted by Gasteiger charge is 2.41. The predicted molar refractivity (Wildman–Crippen MR) is 123 cm³/mol. The maximum Gasteiger partial charge on any atom is 0.263 e. The Hall–Kier alpha value is -2.58. The molecule has 1 N–H and O–H groups in total. The molecule has 2 saturated heterocycles. The van der Waals surface area contributed by atoms with Crippen molar-refractivity contribution in [1.82, 2.24) is 9.80 Å². The van der Waals surface area contributed by atoms with Gasteiger partial charge in [-0.3, -0.25) is 14.5 Å². The Bertz CT molecular complexity index is 985. The number of amides is 1. The quantitative estimate of drug-likeness (QED) is 0.664. The lowest BCUT2D eigenvalue weighted by atomic mass is 9.77. The first-order valence-electron chi connectivity index (χ1n) is 10.9. The number of likely N-dealkylation sites (tertiary alicyclic amines) is 2. The highest BCUT2D eigenvalue weighted by Crippen LogP contribution is 2.42. The van der Waals surface area contributed by atoms with Gasteiger partial charge >= 0.3 is 0 Å². The molecule has 1 spiro atoms. The first kappa shape index (κ1) is 22.6. The number of hydrogen-bond acceptors (Lipinski definition) is 7. The Morgan fingerprint density at radius 1 is 1.03 bits per heavy atom. The van der Waals surface area contributed by atoms with Crippen molar-refractivity contribution in [2.45, 2.75) is 32.7 Å². The fourth-order valence-corrected chi connectivity index (χ4v) is 5.72. The van der Waals surface area contributed by atoms with Crippen molar-refractivity contribution < 1.29 is 24.2 Å². The minimum Gasteiger partial charge on any atom is -0.502 e. The number of thiophene rings is 1. The van der Waals surface area contributed by atoms with Crippen LogP contribution in [0.25, 0.3) is 0 Å². The Labute approximate surface area is 192 Å². The number of benzene rings is 1. The number of hydrogen-bond donors (Lipinski definition) is 1. The van der Waals surface area contributed by atoms with Gasteiger partial charge < -0.3 is 19.5 Å². The third-order valence-corrected chi connectivity index (χ3v) is 7.91. The van der Waals surface area contributed by atoms with Gasteiger partial charge in [-0.05, 0) is 68.0 Å². The summed E-state index contributed by atoms with van der Waals surface area (Å²) in [5.74, 6) is 0.898. The molecule has 2 fully saturated rings. The highest BCUT2D eigenvalue weighted by molar-refractivity contribution is 7.15. The maximum atomic E-state index is 12.9. The second-order valence-electron chi connectivity index (χ2n) is 8.82. The SMILES string of the molecule is COc1cc(CN2CCC3(CCN(C(=O)c4ccc(C(C)=O)s4)CC3)C2)cc(OC)c1O. The maximum absolute atomic E-state index is 12.9. The van der Waals surface area contributed by atoms with Crippen molar-refractivity contribution in [3.8, 4) is 17.2 Å². The number of phenols is 1. The molecule has 7 nitrogen and oxygen atoms in total. The smallest absolute Gasteiger partial charge is 0.263 e. The van der Waals surface area contributed by atoms with Crippen molar-refractivity contribution in [2.75, 3.05) is 40.4 Å². The van der Waals surface area contributed by atoms with Gasteiger partial charge in [0.15, 0.2) is 17.3 Å². The number of ether oxygens (including phenoxy) is 2. The first-order chi connectivity index (χ1) is 15.3. The van der Waals surface area contributed by atoms with Gasteiger partial charge in [0, 0.05) is 26.2 Å². The molecule has 2 aliphatic heterocycles. The molecule has 8 heteroatoms. The summed E-state index contributed by atoms with van der Waals surface area (Å²) in [6, 6.07) is 7.24. The van der Waals surface area contributed by atoms with Crippen LogP contribution in [0.1, 0.15) is 51.1 Å². The summed E-state index contributed by atoms with van der Waals surface area (Å²) in [7, 11) is 3.07. The molecular weight excluding hydrogens is 428 g/mol. The number of rotatable bonds is 6. The Balaban J connectivity index is 1.36. The summed E-state index contributed by atoms with van der Waals surface area (Å²) in [5, 5.41) is 10.1. The van der Waals surface area contributed by atoms with Gasteiger partial charge in [-0.15, -0.1) is 11.3 Å². The molecule has 0 radical (unpaired) electrons. The largest absolute Gasteiger partial charge is 0.502 e. The van der Waals surface area contributed by atoms with Crippen LogP contribution in [-0.2, 0) is 6.54 Å². The number of carbonyl (C=O) groups is 2. The third kappa shape index (κ3) is 4.47. The minimum absolute atomic E-state index is 0.00145. The van der Waals surface area contributed by atoms with E-state index in [0.29, 0.717) is 21.3 Å². The van der Waals surface area contributed by atoms with Crippen LogP contribution in [0.3, 0.4) is 0 Å². The second kappa shape index (κ2) is 9.11. The van der Waals surface area contributed by atoms with E-state index in [9.17, 15) is 14.7 Å². The van der Waals surface area contributed by atoms with E-state index in [1.807, 2.05) is 17.0 Å². The molecule has 1 amide bonds. The van der Waals surface area contributed by atoms with Gasteiger partial charge in [0.25, 0.3) is 5.91 Å². The molecule has 3 heterocycles. The standard InChI is InChI=1S/C24H30N2O5S/c1-16(27)20-4-5-21(32-20)23(29)26-10-7-24(8-11-26)6-9-25(15-24)14-17-12-18(30-2)22(28)19(13-17)31-3/h4-5,12-13,28H,6-11,14-15H2,1-3H3. The lowest BCUT2D eigenvalue weighted by Crippen LogP contribution is -2.44. The molecule has 0 atom stereocenters. The van der Waals surface area contributed by atoms with Crippen LogP contribution in [0.5, 0.6) is 17.2 Å². The monoisotopic (exact) mass is 458 g/mol. The van der Waals surface area contributed by atoms with E-state index in [1.54, 1.807) is 12.1 Å². The molecule has 1 aromatic heterocycles.